The molecule has 8 heteroatoms. The first kappa shape index (κ1) is 12.7. The van der Waals surface area contributed by atoms with Crippen LogP contribution < -0.4 is 10.0 Å². The molecule has 0 aliphatic heterocycles. The smallest absolute Gasteiger partial charge is 0.257 e. The lowest BCUT2D eigenvalue weighted by atomic mass is 10.4. The van der Waals surface area contributed by atoms with Crippen molar-refractivity contribution in [3.05, 3.63) is 12.3 Å². The van der Waals surface area contributed by atoms with E-state index >= 15 is 0 Å². The monoisotopic (exact) mass is 246 g/mol. The number of nitrogens with one attached hydrogen (secondary N) is 3. The van der Waals surface area contributed by atoms with Crippen molar-refractivity contribution >= 4 is 15.9 Å². The van der Waals surface area contributed by atoms with E-state index < -0.39 is 10.0 Å². The van der Waals surface area contributed by atoms with Gasteiger partial charge in [-0.05, 0) is 19.9 Å². The van der Waals surface area contributed by atoms with Crippen molar-refractivity contribution in [1.29, 1.82) is 0 Å². The van der Waals surface area contributed by atoms with Gasteiger partial charge in [-0.25, -0.2) is 13.1 Å². The van der Waals surface area contributed by atoms with E-state index in [4.69, 9.17) is 0 Å². The molecule has 0 radical (unpaired) electrons. The van der Waals surface area contributed by atoms with Crippen molar-refractivity contribution in [3.8, 4) is 0 Å². The van der Waals surface area contributed by atoms with E-state index in [0.29, 0.717) is 0 Å². The molecular formula is C8H14N4O3S. The second-order valence-corrected chi connectivity index (χ2v) is 5.20. The summed E-state index contributed by atoms with van der Waals surface area (Å²) in [5.74, 6) is -0.377. The van der Waals surface area contributed by atoms with Crippen molar-refractivity contribution < 1.29 is 13.2 Å². The minimum atomic E-state index is -3.68. The number of aromatic amines is 1. The van der Waals surface area contributed by atoms with E-state index in [2.05, 4.69) is 20.2 Å². The maximum atomic E-state index is 11.5. The van der Waals surface area contributed by atoms with Gasteiger partial charge in [0.2, 0.25) is 5.91 Å². The highest BCUT2D eigenvalue weighted by atomic mass is 32.2. The van der Waals surface area contributed by atoms with Gasteiger partial charge in [0.15, 0.2) is 5.03 Å². The third-order valence-corrected chi connectivity index (χ3v) is 2.97. The molecule has 1 rings (SSSR count). The van der Waals surface area contributed by atoms with E-state index in [1.165, 1.54) is 12.3 Å². The Kier molecular flexibility index (Phi) is 4.02. The van der Waals surface area contributed by atoms with Crippen LogP contribution in [-0.4, -0.2) is 37.1 Å². The van der Waals surface area contributed by atoms with Crippen LogP contribution in [0.15, 0.2) is 17.3 Å². The van der Waals surface area contributed by atoms with Crippen molar-refractivity contribution in [2.45, 2.75) is 24.9 Å². The molecule has 0 atom stereocenters. The molecule has 1 aromatic heterocycles. The number of hydrogen-bond acceptors (Lipinski definition) is 4. The lowest BCUT2D eigenvalue weighted by Crippen LogP contribution is -2.39. The Morgan fingerprint density at radius 2 is 2.25 bits per heavy atom. The van der Waals surface area contributed by atoms with Gasteiger partial charge in [-0.1, -0.05) is 0 Å². The molecule has 0 aliphatic rings. The van der Waals surface area contributed by atoms with E-state index in [0.717, 1.165) is 0 Å². The normalized spacial score (nSPS) is 11.7. The number of hydrogen-bond donors (Lipinski definition) is 3. The Bertz CT molecular complexity index is 438. The molecule has 7 nitrogen and oxygen atoms in total. The topological polar surface area (TPSA) is 104 Å². The number of nitrogens with zero attached hydrogens (tertiary/aromatic N) is 1. The summed E-state index contributed by atoms with van der Waals surface area (Å²) < 4.78 is 25.2. The van der Waals surface area contributed by atoms with Crippen molar-refractivity contribution in [3.63, 3.8) is 0 Å². The van der Waals surface area contributed by atoms with Crippen LogP contribution in [0.1, 0.15) is 13.8 Å². The molecule has 1 aromatic rings. The zero-order valence-corrected chi connectivity index (χ0v) is 9.84. The van der Waals surface area contributed by atoms with Gasteiger partial charge in [0.25, 0.3) is 10.0 Å². The molecule has 0 aliphatic carbocycles. The molecule has 1 heterocycles. The number of sulfonamides is 1. The lowest BCUT2D eigenvalue weighted by Gasteiger charge is -2.08. The Balaban J connectivity index is 2.53. The Morgan fingerprint density at radius 3 is 2.75 bits per heavy atom. The van der Waals surface area contributed by atoms with Gasteiger partial charge in [0.1, 0.15) is 0 Å². The lowest BCUT2D eigenvalue weighted by molar-refractivity contribution is -0.120. The van der Waals surface area contributed by atoms with Gasteiger partial charge in [0, 0.05) is 6.04 Å². The third-order valence-electron chi connectivity index (χ3n) is 1.64. The largest absolute Gasteiger partial charge is 0.353 e. The van der Waals surface area contributed by atoms with Crippen LogP contribution in [0, 0.1) is 0 Å². The molecule has 0 spiro atoms. The minimum absolute atomic E-state index is 0.0239. The predicted molar refractivity (Wildman–Crippen MR) is 57.1 cm³/mol. The average molecular weight is 246 g/mol. The number of carbonyl (C=O) groups excluding carboxylic acids is 1. The highest BCUT2D eigenvalue weighted by Crippen LogP contribution is 2.00. The van der Waals surface area contributed by atoms with E-state index in [1.807, 2.05) is 0 Å². The van der Waals surface area contributed by atoms with Gasteiger partial charge in [-0.15, -0.1) is 0 Å². The standard InChI is InChI=1S/C8H14N4O3S/c1-6(2)11-7(13)5-10-16(14,15)8-3-4-9-12-8/h3-4,6,10H,5H2,1-2H3,(H,9,12)(H,11,13). The number of aromatic nitrogens is 2. The maximum Gasteiger partial charge on any atom is 0.257 e. The van der Waals surface area contributed by atoms with Crippen LogP contribution in [0.4, 0.5) is 0 Å². The predicted octanol–water partition coefficient (Wildman–Crippen LogP) is -0.787. The van der Waals surface area contributed by atoms with E-state index in [-0.39, 0.29) is 23.5 Å². The summed E-state index contributed by atoms with van der Waals surface area (Å²) in [6, 6.07) is 1.28. The maximum absolute atomic E-state index is 11.5. The molecule has 90 valence electrons. The molecule has 16 heavy (non-hydrogen) atoms. The first-order chi connectivity index (χ1) is 7.42. The summed E-state index contributed by atoms with van der Waals surface area (Å²) in [6.07, 6.45) is 1.32. The zero-order chi connectivity index (χ0) is 12.2. The van der Waals surface area contributed by atoms with Crippen LogP contribution >= 0.6 is 0 Å². The fraction of sp³-hybridized carbons (Fsp3) is 0.500. The molecule has 0 saturated heterocycles. The van der Waals surface area contributed by atoms with Gasteiger partial charge in [-0.3, -0.25) is 9.89 Å². The summed E-state index contributed by atoms with van der Waals surface area (Å²) >= 11 is 0. The van der Waals surface area contributed by atoms with Gasteiger partial charge >= 0.3 is 0 Å². The molecular weight excluding hydrogens is 232 g/mol. The van der Waals surface area contributed by atoms with Crippen molar-refractivity contribution in [2.75, 3.05) is 6.54 Å². The van der Waals surface area contributed by atoms with E-state index in [9.17, 15) is 13.2 Å². The van der Waals surface area contributed by atoms with Crippen LogP contribution in [0.3, 0.4) is 0 Å². The number of rotatable bonds is 5. The SMILES string of the molecule is CC(C)NC(=O)CNS(=O)(=O)c1ccn[nH]1. The average Bonchev–Trinajstić information content (AvgIpc) is 2.67. The number of amides is 1. The molecule has 0 bridgehead atoms. The molecule has 0 aromatic carbocycles. The van der Waals surface area contributed by atoms with Crippen LogP contribution in [0.2, 0.25) is 0 Å². The van der Waals surface area contributed by atoms with Crippen LogP contribution in [-0.2, 0) is 14.8 Å². The van der Waals surface area contributed by atoms with Crippen LogP contribution in [0.5, 0.6) is 0 Å². The van der Waals surface area contributed by atoms with Crippen LogP contribution in [0.25, 0.3) is 0 Å². The minimum Gasteiger partial charge on any atom is -0.353 e. The van der Waals surface area contributed by atoms with Gasteiger partial charge in [0.05, 0.1) is 12.7 Å². The highest BCUT2D eigenvalue weighted by molar-refractivity contribution is 7.89. The second-order valence-electron chi connectivity index (χ2n) is 3.47. The summed E-state index contributed by atoms with van der Waals surface area (Å²) in [5, 5.41) is 8.33. The highest BCUT2D eigenvalue weighted by Gasteiger charge is 2.16. The summed E-state index contributed by atoms with van der Waals surface area (Å²) in [7, 11) is -3.68. The Labute approximate surface area is 93.7 Å². The molecule has 1 amide bonds. The molecule has 0 fully saturated rings. The first-order valence-corrected chi connectivity index (χ1v) is 6.18. The third kappa shape index (κ3) is 3.63. The molecule has 0 saturated carbocycles. The Morgan fingerprint density at radius 1 is 1.56 bits per heavy atom. The van der Waals surface area contributed by atoms with Crippen molar-refractivity contribution in [1.82, 2.24) is 20.2 Å². The molecule has 3 N–H and O–H groups in total. The first-order valence-electron chi connectivity index (χ1n) is 4.70. The summed E-state index contributed by atoms with van der Waals surface area (Å²) in [4.78, 5) is 11.2. The molecule has 0 unspecified atom stereocenters. The summed E-state index contributed by atoms with van der Waals surface area (Å²) in [6.45, 7) is 3.29. The summed E-state index contributed by atoms with van der Waals surface area (Å²) in [5.41, 5.74) is 0. The Hall–Kier alpha value is -1.41. The zero-order valence-electron chi connectivity index (χ0n) is 9.02. The second kappa shape index (κ2) is 5.08. The van der Waals surface area contributed by atoms with Gasteiger partial charge in [-0.2, -0.15) is 5.10 Å². The van der Waals surface area contributed by atoms with E-state index in [1.54, 1.807) is 13.8 Å². The number of H-pyrrole nitrogens is 1. The van der Waals surface area contributed by atoms with Gasteiger partial charge < -0.3 is 5.32 Å². The van der Waals surface area contributed by atoms with Crippen molar-refractivity contribution in [2.24, 2.45) is 0 Å². The fourth-order valence-electron chi connectivity index (χ4n) is 1.00. The number of carbonyl (C=O) groups is 1. The fourth-order valence-corrected chi connectivity index (χ4v) is 1.89. The quantitative estimate of drug-likeness (QED) is 0.633.